The molecule has 0 spiro atoms. The van der Waals surface area contributed by atoms with Crippen LogP contribution in [0.5, 0.6) is 0 Å². The van der Waals surface area contributed by atoms with Crippen molar-refractivity contribution in [2.45, 2.75) is 19.9 Å². The standard InChI is InChI=1S/C12H14N2S/c1-9-8-15-12(14-9)6-10-3-2-4-11(5-10)7-13/h2-5,8H,6-7,13H2,1H3. The molecular weight excluding hydrogens is 204 g/mol. The van der Waals surface area contributed by atoms with Crippen molar-refractivity contribution < 1.29 is 0 Å². The van der Waals surface area contributed by atoms with Gasteiger partial charge in [0, 0.05) is 24.0 Å². The lowest BCUT2D eigenvalue weighted by molar-refractivity contribution is 1.05. The zero-order valence-electron chi connectivity index (χ0n) is 8.73. The Bertz CT molecular complexity index is 448. The molecule has 1 heterocycles. The quantitative estimate of drug-likeness (QED) is 0.859. The Kier molecular flexibility index (Phi) is 3.14. The second-order valence-corrected chi connectivity index (χ2v) is 4.53. The molecule has 0 fully saturated rings. The monoisotopic (exact) mass is 218 g/mol. The Labute approximate surface area is 93.8 Å². The van der Waals surface area contributed by atoms with Crippen LogP contribution in [0, 0.1) is 6.92 Å². The van der Waals surface area contributed by atoms with Gasteiger partial charge in [0.15, 0.2) is 0 Å². The van der Waals surface area contributed by atoms with E-state index in [0.717, 1.165) is 12.1 Å². The minimum atomic E-state index is 0.602. The molecule has 0 aliphatic rings. The Morgan fingerprint density at radius 2 is 2.13 bits per heavy atom. The normalized spacial score (nSPS) is 10.5. The summed E-state index contributed by atoms with van der Waals surface area (Å²) in [7, 11) is 0. The molecule has 2 rings (SSSR count). The van der Waals surface area contributed by atoms with Gasteiger partial charge < -0.3 is 5.73 Å². The van der Waals surface area contributed by atoms with Gasteiger partial charge >= 0.3 is 0 Å². The van der Waals surface area contributed by atoms with Gasteiger partial charge in [-0.3, -0.25) is 0 Å². The van der Waals surface area contributed by atoms with Gasteiger partial charge in [-0.25, -0.2) is 4.98 Å². The third kappa shape index (κ3) is 2.64. The molecule has 0 saturated carbocycles. The molecule has 1 aromatic heterocycles. The molecule has 0 bridgehead atoms. The lowest BCUT2D eigenvalue weighted by Gasteiger charge is -2.01. The topological polar surface area (TPSA) is 38.9 Å². The molecule has 0 aliphatic carbocycles. The van der Waals surface area contributed by atoms with E-state index in [0.29, 0.717) is 6.54 Å². The van der Waals surface area contributed by atoms with Crippen molar-refractivity contribution in [3.8, 4) is 0 Å². The highest BCUT2D eigenvalue weighted by Crippen LogP contribution is 2.15. The summed E-state index contributed by atoms with van der Waals surface area (Å²) in [5.41, 5.74) is 9.17. The van der Waals surface area contributed by atoms with Gasteiger partial charge in [0.1, 0.15) is 0 Å². The maximum absolute atomic E-state index is 5.60. The number of rotatable bonds is 3. The summed E-state index contributed by atoms with van der Waals surface area (Å²) in [6, 6.07) is 8.38. The molecular formula is C12H14N2S. The number of benzene rings is 1. The SMILES string of the molecule is Cc1csc(Cc2cccc(CN)c2)n1. The van der Waals surface area contributed by atoms with E-state index in [1.54, 1.807) is 11.3 Å². The molecule has 0 aliphatic heterocycles. The fourth-order valence-electron chi connectivity index (χ4n) is 1.53. The summed E-state index contributed by atoms with van der Waals surface area (Å²) in [5.74, 6) is 0. The molecule has 0 amide bonds. The van der Waals surface area contributed by atoms with Crippen LogP contribution in [-0.4, -0.2) is 4.98 Å². The number of thiazole rings is 1. The lowest BCUT2D eigenvalue weighted by atomic mass is 10.1. The van der Waals surface area contributed by atoms with E-state index in [1.165, 1.54) is 16.1 Å². The number of aromatic nitrogens is 1. The zero-order valence-corrected chi connectivity index (χ0v) is 9.55. The van der Waals surface area contributed by atoms with Gasteiger partial charge in [0.25, 0.3) is 0 Å². The molecule has 0 saturated heterocycles. The minimum Gasteiger partial charge on any atom is -0.326 e. The highest BCUT2D eigenvalue weighted by atomic mass is 32.1. The van der Waals surface area contributed by atoms with Gasteiger partial charge in [-0.05, 0) is 18.1 Å². The summed E-state index contributed by atoms with van der Waals surface area (Å²) < 4.78 is 0. The van der Waals surface area contributed by atoms with Crippen LogP contribution in [0.3, 0.4) is 0 Å². The Hall–Kier alpha value is -1.19. The highest BCUT2D eigenvalue weighted by Gasteiger charge is 2.01. The smallest absolute Gasteiger partial charge is 0.0972 e. The maximum atomic E-state index is 5.60. The summed E-state index contributed by atoms with van der Waals surface area (Å²) in [6.07, 6.45) is 0.909. The van der Waals surface area contributed by atoms with Crippen LogP contribution in [0.4, 0.5) is 0 Å². The first-order chi connectivity index (χ1) is 7.28. The molecule has 2 N–H and O–H groups in total. The second kappa shape index (κ2) is 4.55. The molecule has 3 heteroatoms. The minimum absolute atomic E-state index is 0.602. The molecule has 0 atom stereocenters. The summed E-state index contributed by atoms with van der Waals surface area (Å²) in [5, 5.41) is 3.25. The van der Waals surface area contributed by atoms with Crippen LogP contribution in [0.15, 0.2) is 29.6 Å². The van der Waals surface area contributed by atoms with Crippen LogP contribution in [-0.2, 0) is 13.0 Å². The Morgan fingerprint density at radius 3 is 2.80 bits per heavy atom. The first-order valence-electron chi connectivity index (χ1n) is 4.97. The zero-order chi connectivity index (χ0) is 10.7. The van der Waals surface area contributed by atoms with Crippen molar-refractivity contribution in [2.75, 3.05) is 0 Å². The van der Waals surface area contributed by atoms with Crippen LogP contribution in [0.2, 0.25) is 0 Å². The van der Waals surface area contributed by atoms with E-state index >= 15 is 0 Å². The predicted molar refractivity (Wildman–Crippen MR) is 64.0 cm³/mol. The number of hydrogen-bond donors (Lipinski definition) is 1. The van der Waals surface area contributed by atoms with E-state index in [9.17, 15) is 0 Å². The number of nitrogens with zero attached hydrogens (tertiary/aromatic N) is 1. The van der Waals surface area contributed by atoms with Crippen molar-refractivity contribution in [3.63, 3.8) is 0 Å². The third-order valence-corrected chi connectivity index (χ3v) is 3.22. The first-order valence-corrected chi connectivity index (χ1v) is 5.85. The fraction of sp³-hybridized carbons (Fsp3) is 0.250. The lowest BCUT2D eigenvalue weighted by Crippen LogP contribution is -1.97. The predicted octanol–water partition coefficient (Wildman–Crippen LogP) is 2.50. The second-order valence-electron chi connectivity index (χ2n) is 3.58. The molecule has 0 unspecified atom stereocenters. The van der Waals surface area contributed by atoms with E-state index in [1.807, 2.05) is 6.92 Å². The largest absolute Gasteiger partial charge is 0.326 e. The average Bonchev–Trinajstić information content (AvgIpc) is 2.64. The van der Waals surface area contributed by atoms with Crippen molar-refractivity contribution in [1.82, 2.24) is 4.98 Å². The van der Waals surface area contributed by atoms with Gasteiger partial charge in [-0.15, -0.1) is 11.3 Å². The summed E-state index contributed by atoms with van der Waals surface area (Å²) in [4.78, 5) is 4.45. The van der Waals surface area contributed by atoms with Gasteiger partial charge in [-0.1, -0.05) is 24.3 Å². The number of nitrogens with two attached hydrogens (primary N) is 1. The molecule has 78 valence electrons. The van der Waals surface area contributed by atoms with Crippen molar-refractivity contribution in [3.05, 3.63) is 51.5 Å². The maximum Gasteiger partial charge on any atom is 0.0972 e. The summed E-state index contributed by atoms with van der Waals surface area (Å²) >= 11 is 1.72. The van der Waals surface area contributed by atoms with Crippen molar-refractivity contribution in [2.24, 2.45) is 5.73 Å². The third-order valence-electron chi connectivity index (χ3n) is 2.25. The molecule has 15 heavy (non-hydrogen) atoms. The number of hydrogen-bond acceptors (Lipinski definition) is 3. The van der Waals surface area contributed by atoms with E-state index in [2.05, 4.69) is 34.6 Å². The Balaban J connectivity index is 2.16. The molecule has 2 nitrogen and oxygen atoms in total. The molecule has 1 aromatic carbocycles. The van der Waals surface area contributed by atoms with Crippen molar-refractivity contribution in [1.29, 1.82) is 0 Å². The highest BCUT2D eigenvalue weighted by molar-refractivity contribution is 7.09. The molecule has 0 radical (unpaired) electrons. The van der Waals surface area contributed by atoms with Crippen LogP contribution in [0.25, 0.3) is 0 Å². The average molecular weight is 218 g/mol. The summed E-state index contributed by atoms with van der Waals surface area (Å²) in [6.45, 7) is 2.63. The van der Waals surface area contributed by atoms with E-state index < -0.39 is 0 Å². The van der Waals surface area contributed by atoms with Gasteiger partial charge in [0.05, 0.1) is 5.01 Å². The van der Waals surface area contributed by atoms with E-state index in [4.69, 9.17) is 5.73 Å². The van der Waals surface area contributed by atoms with Crippen LogP contribution >= 0.6 is 11.3 Å². The van der Waals surface area contributed by atoms with Gasteiger partial charge in [-0.2, -0.15) is 0 Å². The Morgan fingerprint density at radius 1 is 1.33 bits per heavy atom. The first kappa shape index (κ1) is 10.3. The fourth-order valence-corrected chi connectivity index (χ4v) is 2.33. The van der Waals surface area contributed by atoms with Gasteiger partial charge in [0.2, 0.25) is 0 Å². The molecule has 2 aromatic rings. The van der Waals surface area contributed by atoms with Crippen molar-refractivity contribution >= 4 is 11.3 Å². The van der Waals surface area contributed by atoms with Crippen LogP contribution < -0.4 is 5.73 Å². The van der Waals surface area contributed by atoms with Crippen LogP contribution in [0.1, 0.15) is 21.8 Å². The number of aryl methyl sites for hydroxylation is 1. The van der Waals surface area contributed by atoms with E-state index in [-0.39, 0.29) is 0 Å².